The lowest BCUT2D eigenvalue weighted by atomic mass is 10.1. The lowest BCUT2D eigenvalue weighted by Gasteiger charge is -2.34. The van der Waals surface area contributed by atoms with Crippen LogP contribution in [0.3, 0.4) is 0 Å². The molecule has 1 fully saturated rings. The number of methoxy groups -OCH3 is 3. The summed E-state index contributed by atoms with van der Waals surface area (Å²) in [6, 6.07) is 7.41. The smallest absolute Gasteiger partial charge is 0.257 e. The molecule has 0 radical (unpaired) electrons. The zero-order valence-corrected chi connectivity index (χ0v) is 28.6. The van der Waals surface area contributed by atoms with Crippen molar-refractivity contribution in [3.8, 4) is 28.7 Å². The van der Waals surface area contributed by atoms with Gasteiger partial charge in [-0.15, -0.1) is 0 Å². The van der Waals surface area contributed by atoms with Crippen LogP contribution in [-0.4, -0.2) is 106 Å². The Morgan fingerprint density at radius 2 is 1.59 bits per heavy atom. The number of ether oxygens (including phenoxy) is 4. The number of nitrogens with one attached hydrogen (secondary N) is 2. The van der Waals surface area contributed by atoms with Gasteiger partial charge in [-0.1, -0.05) is 6.07 Å². The van der Waals surface area contributed by atoms with E-state index in [1.165, 1.54) is 19.2 Å². The highest BCUT2D eigenvalue weighted by atomic mass is 79.9. The third kappa shape index (κ3) is 7.44. The Bertz CT molecular complexity index is 2100. The van der Waals surface area contributed by atoms with Crippen LogP contribution in [0.2, 0.25) is 0 Å². The average Bonchev–Trinajstić information content (AvgIpc) is 3.15. The predicted octanol–water partition coefficient (Wildman–Crippen LogP) is 4.69. The van der Waals surface area contributed by atoms with Crippen molar-refractivity contribution in [2.24, 2.45) is 0 Å². The first kappa shape index (κ1) is 25.2. The van der Waals surface area contributed by atoms with Gasteiger partial charge in [0.05, 0.1) is 66.8 Å². The first-order valence-corrected chi connectivity index (χ1v) is 15.8. The van der Waals surface area contributed by atoms with E-state index in [9.17, 15) is 19.2 Å². The van der Waals surface area contributed by atoms with E-state index in [-0.39, 0.29) is 35.0 Å². The largest absolute Gasteiger partial charge is 0.493 e. The fraction of sp³-hybridized carbons (Fsp3) is 0.371. The molecule has 0 unspecified atom stereocenters. The summed E-state index contributed by atoms with van der Waals surface area (Å²) < 4.78 is 89.4. The van der Waals surface area contributed by atoms with Crippen LogP contribution in [0.1, 0.15) is 50.6 Å². The highest BCUT2D eigenvalue weighted by Crippen LogP contribution is 2.45. The summed E-state index contributed by atoms with van der Waals surface area (Å²) in [4.78, 5) is 60.1. The molecule has 1 saturated heterocycles. The molecule has 2 aliphatic heterocycles. The minimum Gasteiger partial charge on any atom is -0.493 e. The standard InChI is InChI=1S/C35H40BrN5O8/c1-19-12-20(2)14-21(13-19)49-27-15-22-24(17-25(27)38-33(43)23-16-28(46-5)31(47-6)32(48-7)30(23)36)37-34(44)26(40(4)35(22)45)18-29(42)41-10-8-39(3)9-11-41/h12-17,26H,8-11,18H2,1-7H3,(H,37,44)(H,38,43)/t26-/m0/s1/i5D3,6D3,7D3. The maximum atomic E-state index is 14.2. The molecule has 1 atom stereocenters. The van der Waals surface area contributed by atoms with Gasteiger partial charge in [-0.3, -0.25) is 19.2 Å². The van der Waals surface area contributed by atoms with Crippen LogP contribution in [0, 0.1) is 13.8 Å². The normalized spacial score (nSPS) is 19.9. The minimum absolute atomic E-state index is 0.0446. The molecule has 3 aromatic carbocycles. The molecule has 14 heteroatoms. The molecule has 3 aromatic rings. The summed E-state index contributed by atoms with van der Waals surface area (Å²) in [5, 5.41) is 5.28. The van der Waals surface area contributed by atoms with Gasteiger partial charge in [-0.25, -0.2) is 0 Å². The first-order chi connectivity index (χ1) is 26.8. The fourth-order valence-corrected chi connectivity index (χ4v) is 6.23. The Morgan fingerprint density at radius 1 is 0.918 bits per heavy atom. The molecule has 0 saturated carbocycles. The molecule has 49 heavy (non-hydrogen) atoms. The lowest BCUT2D eigenvalue weighted by molar-refractivity contribution is -0.136. The number of benzene rings is 3. The molecular formula is C35H40BrN5O8. The monoisotopic (exact) mass is 746 g/mol. The zero-order valence-electron chi connectivity index (χ0n) is 36.1. The highest BCUT2D eigenvalue weighted by Gasteiger charge is 2.37. The Balaban J connectivity index is 1.60. The van der Waals surface area contributed by atoms with Crippen molar-refractivity contribution < 1.29 is 50.5 Å². The molecule has 13 nitrogen and oxygen atoms in total. The number of carbonyl (C=O) groups is 4. The van der Waals surface area contributed by atoms with Crippen LogP contribution >= 0.6 is 15.9 Å². The second kappa shape index (κ2) is 14.7. The number of hydrogen-bond donors (Lipinski definition) is 2. The van der Waals surface area contributed by atoms with Gasteiger partial charge >= 0.3 is 0 Å². The van der Waals surface area contributed by atoms with Crippen molar-refractivity contribution in [3.63, 3.8) is 0 Å². The van der Waals surface area contributed by atoms with Crippen molar-refractivity contribution in [2.75, 3.05) is 72.0 Å². The summed E-state index contributed by atoms with van der Waals surface area (Å²) >= 11 is 3.09. The summed E-state index contributed by atoms with van der Waals surface area (Å²) in [6.07, 6.45) is -0.294. The third-order valence-electron chi connectivity index (χ3n) is 8.29. The number of hydrogen-bond acceptors (Lipinski definition) is 9. The van der Waals surface area contributed by atoms with E-state index in [0.29, 0.717) is 31.9 Å². The number of likely N-dealkylation sites (N-methyl/N-ethyl adjacent to an activating group) is 2. The van der Waals surface area contributed by atoms with Gasteiger partial charge in [0.1, 0.15) is 11.8 Å². The van der Waals surface area contributed by atoms with Crippen LogP contribution in [0.5, 0.6) is 28.7 Å². The maximum Gasteiger partial charge on any atom is 0.257 e. The second-order valence-electron chi connectivity index (χ2n) is 11.8. The van der Waals surface area contributed by atoms with E-state index < -0.39 is 72.2 Å². The topological polar surface area (TPSA) is 139 Å². The van der Waals surface area contributed by atoms with E-state index in [1.807, 2.05) is 27.0 Å². The van der Waals surface area contributed by atoms with Crippen molar-refractivity contribution in [1.82, 2.24) is 14.7 Å². The number of carbonyl (C=O) groups excluding carboxylic acids is 4. The van der Waals surface area contributed by atoms with Crippen LogP contribution in [0.4, 0.5) is 11.4 Å². The van der Waals surface area contributed by atoms with Gasteiger partial charge in [-0.2, -0.15) is 0 Å². The molecule has 5 rings (SSSR count). The Hall–Kier alpha value is -4.82. The van der Waals surface area contributed by atoms with E-state index >= 15 is 0 Å². The maximum absolute atomic E-state index is 14.2. The molecule has 4 amide bonds. The number of fused-ring (bicyclic) bond motifs is 1. The minimum atomic E-state index is -3.27. The highest BCUT2D eigenvalue weighted by molar-refractivity contribution is 9.10. The van der Waals surface area contributed by atoms with E-state index in [2.05, 4.69) is 31.5 Å². The van der Waals surface area contributed by atoms with Gasteiger partial charge in [0.2, 0.25) is 17.6 Å². The van der Waals surface area contributed by atoms with Gasteiger partial charge < -0.3 is 44.3 Å². The average molecular weight is 748 g/mol. The van der Waals surface area contributed by atoms with Crippen LogP contribution in [-0.2, 0) is 9.59 Å². The summed E-state index contributed by atoms with van der Waals surface area (Å²) in [7, 11) is -6.45. The first-order valence-electron chi connectivity index (χ1n) is 19.5. The number of halogens is 1. The number of anilines is 2. The zero-order chi connectivity index (χ0) is 43.1. The Kier molecular flexibility index (Phi) is 7.58. The van der Waals surface area contributed by atoms with Crippen molar-refractivity contribution in [1.29, 1.82) is 0 Å². The SMILES string of the molecule is [2H]C([2H])([2H])Oc1cc(C(=O)Nc2cc3c(cc2Oc2cc(C)cc(C)c2)C(=O)N(C)[C@@H](CC(=O)N2CCN(C)CC2)C(=O)N3)c(Br)c(OC([2H])([2H])[2H])c1OC([2H])([2H])[2H]. The molecule has 0 aliphatic carbocycles. The summed E-state index contributed by atoms with van der Waals surface area (Å²) in [5.41, 5.74) is 0.869. The molecule has 2 N–H and O–H groups in total. The molecular weight excluding hydrogens is 698 g/mol. The van der Waals surface area contributed by atoms with Crippen LogP contribution < -0.4 is 29.6 Å². The van der Waals surface area contributed by atoms with Gasteiger partial charge in [0.25, 0.3) is 11.8 Å². The van der Waals surface area contributed by atoms with Crippen LogP contribution in [0.25, 0.3) is 0 Å². The molecule has 260 valence electrons. The third-order valence-corrected chi connectivity index (χ3v) is 9.08. The number of piperazine rings is 1. The number of nitrogens with zero attached hydrogens (tertiary/aromatic N) is 3. The van der Waals surface area contributed by atoms with Gasteiger partial charge in [0.15, 0.2) is 17.2 Å². The van der Waals surface area contributed by atoms with Crippen molar-refractivity contribution in [3.05, 3.63) is 63.1 Å². The summed E-state index contributed by atoms with van der Waals surface area (Å²) in [6.45, 7) is 5.88. The van der Waals surface area contributed by atoms with Crippen molar-refractivity contribution >= 4 is 50.9 Å². The fourth-order valence-electron chi connectivity index (χ4n) is 5.68. The molecule has 0 bridgehead atoms. The molecule has 0 spiro atoms. The number of rotatable bonds is 9. The predicted molar refractivity (Wildman–Crippen MR) is 187 cm³/mol. The summed E-state index contributed by atoms with van der Waals surface area (Å²) in [5.74, 6) is -5.23. The Labute approximate surface area is 306 Å². The van der Waals surface area contributed by atoms with E-state index in [0.717, 1.165) is 22.1 Å². The molecule has 2 heterocycles. The molecule has 0 aromatic heterocycles. The van der Waals surface area contributed by atoms with E-state index in [4.69, 9.17) is 31.3 Å². The lowest BCUT2D eigenvalue weighted by Crippen LogP contribution is -2.50. The number of aryl methyl sites for hydroxylation is 2. The quantitative estimate of drug-likeness (QED) is 0.319. The molecule has 2 aliphatic rings. The second-order valence-corrected chi connectivity index (χ2v) is 12.6. The number of amides is 4. The Morgan fingerprint density at radius 3 is 2.27 bits per heavy atom. The van der Waals surface area contributed by atoms with Crippen LogP contribution in [0.15, 0.2) is 40.9 Å². The van der Waals surface area contributed by atoms with Crippen molar-refractivity contribution in [2.45, 2.75) is 26.3 Å². The van der Waals surface area contributed by atoms with E-state index in [1.54, 1.807) is 17.0 Å². The van der Waals surface area contributed by atoms with Gasteiger partial charge in [-0.05, 0) is 78.3 Å². The van der Waals surface area contributed by atoms with Gasteiger partial charge in [0, 0.05) is 33.2 Å².